The Kier molecular flexibility index (Phi) is 4.12. The summed E-state index contributed by atoms with van der Waals surface area (Å²) in [5.41, 5.74) is 1.14. The highest BCUT2D eigenvalue weighted by Crippen LogP contribution is 2.26. The zero-order chi connectivity index (χ0) is 12.1. The molecule has 92 valence electrons. The topological polar surface area (TPSA) is 48.1 Å². The van der Waals surface area contributed by atoms with E-state index >= 15 is 0 Å². The summed E-state index contributed by atoms with van der Waals surface area (Å²) in [5.74, 6) is -0.236. The van der Waals surface area contributed by atoms with Crippen molar-refractivity contribution in [3.8, 4) is 0 Å². The highest BCUT2D eigenvalue weighted by Gasteiger charge is 2.40. The van der Waals surface area contributed by atoms with E-state index in [-0.39, 0.29) is 18.2 Å². The lowest BCUT2D eigenvalue weighted by Gasteiger charge is -2.01. The minimum absolute atomic E-state index is 0.0294. The monoisotopic (exact) mass is 236 g/mol. The second-order valence-corrected chi connectivity index (χ2v) is 3.99. The molecule has 1 heterocycles. The van der Waals surface area contributed by atoms with Gasteiger partial charge in [-0.25, -0.2) is 0 Å². The molecule has 0 spiro atoms. The molecular formula is C13H16O4. The van der Waals surface area contributed by atoms with E-state index in [0.29, 0.717) is 19.6 Å². The van der Waals surface area contributed by atoms with Crippen molar-refractivity contribution in [2.24, 2.45) is 0 Å². The van der Waals surface area contributed by atoms with Gasteiger partial charge in [0, 0.05) is 0 Å². The number of hydrogen-bond donors (Lipinski definition) is 0. The summed E-state index contributed by atoms with van der Waals surface area (Å²) < 4.78 is 15.4. The molecule has 0 aliphatic carbocycles. The van der Waals surface area contributed by atoms with Gasteiger partial charge in [0.05, 0.1) is 32.8 Å². The predicted molar refractivity (Wildman–Crippen MR) is 61.4 cm³/mol. The Morgan fingerprint density at radius 2 is 2.06 bits per heavy atom. The fourth-order valence-electron chi connectivity index (χ4n) is 1.62. The molecular weight excluding hydrogens is 220 g/mol. The average molecular weight is 236 g/mol. The van der Waals surface area contributed by atoms with Crippen LogP contribution in [-0.4, -0.2) is 31.9 Å². The molecule has 2 rings (SSSR count). The molecule has 0 N–H and O–H groups in total. The quantitative estimate of drug-likeness (QED) is 0.555. The van der Waals surface area contributed by atoms with E-state index in [9.17, 15) is 4.79 Å². The lowest BCUT2D eigenvalue weighted by molar-refractivity contribution is -0.140. The molecule has 0 radical (unpaired) electrons. The highest BCUT2D eigenvalue weighted by atomic mass is 16.6. The van der Waals surface area contributed by atoms with Crippen LogP contribution in [-0.2, 0) is 25.6 Å². The normalized spacial score (nSPS) is 22.2. The van der Waals surface area contributed by atoms with Gasteiger partial charge in [-0.15, -0.1) is 0 Å². The van der Waals surface area contributed by atoms with E-state index in [1.165, 1.54) is 7.11 Å². The van der Waals surface area contributed by atoms with Crippen molar-refractivity contribution in [2.45, 2.75) is 25.2 Å². The van der Waals surface area contributed by atoms with Crippen molar-refractivity contribution >= 4 is 5.97 Å². The third-order valence-corrected chi connectivity index (χ3v) is 2.68. The lowest BCUT2D eigenvalue weighted by Crippen LogP contribution is -2.09. The highest BCUT2D eigenvalue weighted by molar-refractivity contribution is 5.70. The first-order chi connectivity index (χ1) is 8.29. The summed E-state index contributed by atoms with van der Waals surface area (Å²) in [6, 6.07) is 9.96. The van der Waals surface area contributed by atoms with Crippen molar-refractivity contribution in [3.05, 3.63) is 35.9 Å². The van der Waals surface area contributed by atoms with Crippen LogP contribution in [0.5, 0.6) is 0 Å². The Morgan fingerprint density at radius 3 is 2.76 bits per heavy atom. The molecule has 1 aliphatic rings. The average Bonchev–Trinajstić information content (AvgIpc) is 3.08. The zero-order valence-corrected chi connectivity index (χ0v) is 9.80. The van der Waals surface area contributed by atoms with Gasteiger partial charge in [-0.2, -0.15) is 0 Å². The van der Waals surface area contributed by atoms with Gasteiger partial charge in [-0.05, 0) is 5.56 Å². The van der Waals surface area contributed by atoms with Crippen molar-refractivity contribution in [1.82, 2.24) is 0 Å². The molecule has 2 atom stereocenters. The molecule has 0 aromatic heterocycles. The minimum atomic E-state index is -0.236. The van der Waals surface area contributed by atoms with E-state index in [2.05, 4.69) is 4.74 Å². The van der Waals surface area contributed by atoms with Gasteiger partial charge in [0.1, 0.15) is 6.10 Å². The van der Waals surface area contributed by atoms with E-state index in [0.717, 1.165) is 5.56 Å². The van der Waals surface area contributed by atoms with Crippen molar-refractivity contribution in [2.75, 3.05) is 13.7 Å². The van der Waals surface area contributed by atoms with Crippen LogP contribution in [0.4, 0.5) is 0 Å². The molecule has 1 saturated heterocycles. The van der Waals surface area contributed by atoms with Crippen LogP contribution in [0.1, 0.15) is 12.0 Å². The van der Waals surface area contributed by atoms with Crippen LogP contribution in [0, 0.1) is 0 Å². The summed E-state index contributed by atoms with van der Waals surface area (Å²) in [6.45, 7) is 1.10. The number of carbonyl (C=O) groups is 1. The number of carbonyl (C=O) groups excluding carboxylic acids is 1. The first-order valence-corrected chi connectivity index (χ1v) is 5.63. The SMILES string of the molecule is COC(=O)CC1OC1COCc1ccccc1. The number of ether oxygens (including phenoxy) is 3. The molecule has 1 aromatic carbocycles. The number of methoxy groups -OCH3 is 1. The number of esters is 1. The van der Waals surface area contributed by atoms with Gasteiger partial charge in [0.25, 0.3) is 0 Å². The van der Waals surface area contributed by atoms with Crippen LogP contribution in [0.15, 0.2) is 30.3 Å². The molecule has 2 unspecified atom stereocenters. The fourth-order valence-corrected chi connectivity index (χ4v) is 1.62. The number of epoxide rings is 1. The summed E-state index contributed by atoms with van der Waals surface area (Å²) in [5, 5.41) is 0. The third-order valence-electron chi connectivity index (χ3n) is 2.68. The van der Waals surface area contributed by atoms with Crippen LogP contribution in [0.3, 0.4) is 0 Å². The van der Waals surface area contributed by atoms with Gasteiger partial charge in [-0.1, -0.05) is 30.3 Å². The Labute approximate surface area is 100 Å². The Morgan fingerprint density at radius 1 is 1.29 bits per heavy atom. The second-order valence-electron chi connectivity index (χ2n) is 3.99. The summed E-state index contributed by atoms with van der Waals surface area (Å²) >= 11 is 0. The smallest absolute Gasteiger partial charge is 0.308 e. The van der Waals surface area contributed by atoms with E-state index < -0.39 is 0 Å². The first-order valence-electron chi connectivity index (χ1n) is 5.63. The van der Waals surface area contributed by atoms with Gasteiger partial charge < -0.3 is 14.2 Å². The fraction of sp³-hybridized carbons (Fsp3) is 0.462. The van der Waals surface area contributed by atoms with Crippen LogP contribution in [0.25, 0.3) is 0 Å². The minimum Gasteiger partial charge on any atom is -0.469 e. The largest absolute Gasteiger partial charge is 0.469 e. The van der Waals surface area contributed by atoms with E-state index in [1.807, 2.05) is 30.3 Å². The molecule has 17 heavy (non-hydrogen) atoms. The number of benzene rings is 1. The molecule has 4 heteroatoms. The van der Waals surface area contributed by atoms with Crippen molar-refractivity contribution in [3.63, 3.8) is 0 Å². The zero-order valence-electron chi connectivity index (χ0n) is 9.80. The molecule has 0 bridgehead atoms. The third kappa shape index (κ3) is 3.84. The maximum absolute atomic E-state index is 11.0. The second kappa shape index (κ2) is 5.80. The molecule has 1 aliphatic heterocycles. The van der Waals surface area contributed by atoms with Crippen LogP contribution >= 0.6 is 0 Å². The van der Waals surface area contributed by atoms with Gasteiger partial charge in [0.15, 0.2) is 0 Å². The Bertz CT molecular complexity index is 363. The predicted octanol–water partition coefficient (Wildman–Crippen LogP) is 1.53. The molecule has 4 nitrogen and oxygen atoms in total. The standard InChI is InChI=1S/C13H16O4/c1-15-13(14)7-11-12(17-11)9-16-8-10-5-3-2-4-6-10/h2-6,11-12H,7-9H2,1H3. The van der Waals surface area contributed by atoms with Gasteiger partial charge in [0.2, 0.25) is 0 Å². The molecule has 0 amide bonds. The molecule has 0 saturated carbocycles. The summed E-state index contributed by atoms with van der Waals surface area (Å²) in [7, 11) is 1.38. The number of rotatable bonds is 6. The first kappa shape index (κ1) is 12.1. The van der Waals surface area contributed by atoms with Gasteiger partial charge in [-0.3, -0.25) is 4.79 Å². The van der Waals surface area contributed by atoms with Crippen LogP contribution in [0.2, 0.25) is 0 Å². The van der Waals surface area contributed by atoms with Crippen molar-refractivity contribution < 1.29 is 19.0 Å². The Hall–Kier alpha value is -1.39. The summed E-state index contributed by atoms with van der Waals surface area (Å²) in [4.78, 5) is 11.0. The Balaban J connectivity index is 1.60. The van der Waals surface area contributed by atoms with E-state index in [4.69, 9.17) is 9.47 Å². The molecule has 1 fully saturated rings. The van der Waals surface area contributed by atoms with Crippen LogP contribution < -0.4 is 0 Å². The maximum Gasteiger partial charge on any atom is 0.308 e. The van der Waals surface area contributed by atoms with Crippen molar-refractivity contribution in [1.29, 1.82) is 0 Å². The maximum atomic E-state index is 11.0. The van der Waals surface area contributed by atoms with Gasteiger partial charge >= 0.3 is 5.97 Å². The lowest BCUT2D eigenvalue weighted by atomic mass is 10.2. The number of hydrogen-bond acceptors (Lipinski definition) is 4. The molecule has 1 aromatic rings. The van der Waals surface area contributed by atoms with E-state index in [1.54, 1.807) is 0 Å². The summed E-state index contributed by atoms with van der Waals surface area (Å²) in [6.07, 6.45) is 0.326.